The quantitative estimate of drug-likeness (QED) is 0.299. The standard InChI is InChI=1S/C18H28N2O2Si/c1-6-18(22-23(7-2,8-3)9-4)14-10-11-15(18)17(13(14)5)16(21)12-20-19/h6,10-15,17H,1,7-9H2,2-5H3/p+1/b16-12-/t13-,14-,15+,17+,18+/m1/s1. The van der Waals surface area contributed by atoms with Crippen LogP contribution in [0.4, 0.5) is 0 Å². The Labute approximate surface area is 140 Å². The first-order chi connectivity index (χ1) is 10.9. The molecule has 2 aliphatic rings. The molecule has 0 aromatic rings. The second kappa shape index (κ2) is 6.62. The van der Waals surface area contributed by atoms with Gasteiger partial charge < -0.3 is 9.53 Å². The molecule has 0 heterocycles. The molecule has 2 rings (SSSR count). The Bertz CT molecular complexity index is 554. The molecule has 1 N–H and O–H groups in total. The van der Waals surface area contributed by atoms with Gasteiger partial charge in [0.25, 0.3) is 0 Å². The van der Waals surface area contributed by atoms with Crippen molar-refractivity contribution in [1.29, 1.82) is 5.39 Å². The number of rotatable bonds is 7. The van der Waals surface area contributed by atoms with Crippen molar-refractivity contribution in [2.45, 2.75) is 51.4 Å². The lowest BCUT2D eigenvalue weighted by atomic mass is 9.83. The van der Waals surface area contributed by atoms with Crippen LogP contribution in [0.3, 0.4) is 0 Å². The molecule has 5 heteroatoms. The minimum Gasteiger partial charge on any atom is -0.505 e. The van der Waals surface area contributed by atoms with Crippen LogP contribution in [0.5, 0.6) is 0 Å². The lowest BCUT2D eigenvalue weighted by Gasteiger charge is -2.42. The predicted octanol–water partition coefficient (Wildman–Crippen LogP) is 5.25. The maximum absolute atomic E-state index is 10.3. The highest BCUT2D eigenvalue weighted by atomic mass is 28.4. The molecular weight excluding hydrogens is 304 g/mol. The van der Waals surface area contributed by atoms with Crippen LogP contribution in [-0.4, -0.2) is 19.0 Å². The lowest BCUT2D eigenvalue weighted by molar-refractivity contribution is 0.0592. The number of hydrogen-bond donors (Lipinski definition) is 1. The fourth-order valence-electron chi connectivity index (χ4n) is 4.69. The van der Waals surface area contributed by atoms with Crippen molar-refractivity contribution >= 4 is 8.32 Å². The van der Waals surface area contributed by atoms with Gasteiger partial charge in [-0.25, -0.2) is 0 Å². The summed E-state index contributed by atoms with van der Waals surface area (Å²) in [4.78, 5) is 3.00. The Morgan fingerprint density at radius 1 is 1.30 bits per heavy atom. The zero-order valence-corrected chi connectivity index (χ0v) is 15.7. The summed E-state index contributed by atoms with van der Waals surface area (Å²) in [5.41, 5.74) is -0.435. The number of diazo groups is 1. The molecule has 0 aliphatic heterocycles. The average molecular weight is 334 g/mol. The van der Waals surface area contributed by atoms with E-state index >= 15 is 0 Å². The first-order valence-corrected chi connectivity index (χ1v) is 11.2. The van der Waals surface area contributed by atoms with Gasteiger partial charge in [0.15, 0.2) is 19.1 Å². The molecule has 1 saturated carbocycles. The van der Waals surface area contributed by atoms with Crippen molar-refractivity contribution in [3.63, 3.8) is 0 Å². The van der Waals surface area contributed by atoms with Crippen molar-refractivity contribution < 1.29 is 9.53 Å². The van der Waals surface area contributed by atoms with Crippen LogP contribution >= 0.6 is 0 Å². The summed E-state index contributed by atoms with van der Waals surface area (Å²) < 4.78 is 6.93. The van der Waals surface area contributed by atoms with Crippen LogP contribution in [-0.2, 0) is 4.43 Å². The molecule has 0 radical (unpaired) electrons. The SMILES string of the molecule is C=C[C@]1(O[Si](CC)(CC)CC)[C@@H]2C=C[C@H]1[C@@H](/C(O)=C/[N+]#N)[C@@H]2C. The Morgan fingerprint density at radius 2 is 1.87 bits per heavy atom. The number of aliphatic hydroxyl groups is 1. The summed E-state index contributed by atoms with van der Waals surface area (Å²) in [7, 11) is -1.82. The van der Waals surface area contributed by atoms with E-state index < -0.39 is 13.9 Å². The molecule has 0 aromatic heterocycles. The molecule has 0 unspecified atom stereocenters. The summed E-state index contributed by atoms with van der Waals surface area (Å²) in [5, 5.41) is 19.1. The summed E-state index contributed by atoms with van der Waals surface area (Å²) in [6, 6.07) is 3.26. The zero-order chi connectivity index (χ0) is 17.3. The van der Waals surface area contributed by atoms with Gasteiger partial charge >= 0.3 is 6.20 Å². The smallest absolute Gasteiger partial charge is 0.387 e. The number of allylic oxidation sites excluding steroid dienone is 1. The summed E-state index contributed by atoms with van der Waals surface area (Å²) in [5.74, 6) is 0.521. The van der Waals surface area contributed by atoms with Crippen molar-refractivity contribution in [3.8, 4) is 0 Å². The van der Waals surface area contributed by atoms with Crippen molar-refractivity contribution in [1.82, 2.24) is 0 Å². The third-order valence-corrected chi connectivity index (χ3v) is 10.9. The predicted molar refractivity (Wildman–Crippen MR) is 95.8 cm³/mol. The third kappa shape index (κ3) is 2.58. The van der Waals surface area contributed by atoms with E-state index in [4.69, 9.17) is 9.82 Å². The van der Waals surface area contributed by atoms with Crippen LogP contribution in [0.25, 0.3) is 4.98 Å². The summed E-state index contributed by atoms with van der Waals surface area (Å²) in [6.45, 7) is 12.9. The normalized spacial score (nSPS) is 36.2. The van der Waals surface area contributed by atoms with Crippen LogP contribution in [0.15, 0.2) is 36.8 Å². The van der Waals surface area contributed by atoms with Crippen molar-refractivity contribution in [2.24, 2.45) is 23.7 Å². The lowest BCUT2D eigenvalue weighted by Crippen LogP contribution is -2.50. The van der Waals surface area contributed by atoms with E-state index in [9.17, 15) is 5.11 Å². The maximum Gasteiger partial charge on any atom is 0.387 e. The highest BCUT2D eigenvalue weighted by Crippen LogP contribution is 2.59. The number of fused-ring (bicyclic) bond motifs is 2. The van der Waals surface area contributed by atoms with Gasteiger partial charge in [0.1, 0.15) is 0 Å². The van der Waals surface area contributed by atoms with Crippen LogP contribution in [0.2, 0.25) is 18.1 Å². The van der Waals surface area contributed by atoms with Gasteiger partial charge in [0.05, 0.1) is 5.60 Å². The van der Waals surface area contributed by atoms with Gasteiger partial charge in [-0.2, -0.15) is 0 Å². The molecule has 0 saturated heterocycles. The van der Waals surface area contributed by atoms with Gasteiger partial charge in [0.2, 0.25) is 5.39 Å². The molecule has 23 heavy (non-hydrogen) atoms. The molecule has 5 atom stereocenters. The van der Waals surface area contributed by atoms with Crippen LogP contribution in [0.1, 0.15) is 27.7 Å². The molecular formula is C18H29N2O2Si+. The van der Waals surface area contributed by atoms with Gasteiger partial charge in [-0.1, -0.05) is 45.9 Å². The molecule has 2 bridgehead atoms. The van der Waals surface area contributed by atoms with Crippen LogP contribution in [0, 0.1) is 29.1 Å². The largest absolute Gasteiger partial charge is 0.505 e. The Morgan fingerprint density at radius 3 is 2.35 bits per heavy atom. The van der Waals surface area contributed by atoms with E-state index in [1.54, 1.807) is 0 Å². The van der Waals surface area contributed by atoms with E-state index in [0.717, 1.165) is 24.3 Å². The van der Waals surface area contributed by atoms with Gasteiger partial charge in [0, 0.05) is 17.8 Å². The highest BCUT2D eigenvalue weighted by Gasteiger charge is 2.62. The average Bonchev–Trinajstić information content (AvgIpc) is 3.02. The Hall–Kier alpha value is -1.38. The molecule has 126 valence electrons. The molecule has 0 spiro atoms. The van der Waals surface area contributed by atoms with E-state index in [1.807, 2.05) is 6.08 Å². The Balaban J connectivity index is 2.43. The fourth-order valence-corrected chi connectivity index (χ4v) is 7.73. The summed E-state index contributed by atoms with van der Waals surface area (Å²) >= 11 is 0. The van der Waals surface area contributed by atoms with Gasteiger partial charge in [-0.05, 0) is 24.1 Å². The van der Waals surface area contributed by atoms with E-state index in [0.29, 0.717) is 0 Å². The summed E-state index contributed by atoms with van der Waals surface area (Å²) in [6.07, 6.45) is 7.48. The molecule has 0 amide bonds. The first-order valence-electron chi connectivity index (χ1n) is 8.70. The fraction of sp³-hybridized carbons (Fsp3) is 0.667. The van der Waals surface area contributed by atoms with Gasteiger partial charge in [-0.15, -0.1) is 6.58 Å². The monoisotopic (exact) mass is 333 g/mol. The Kier molecular flexibility index (Phi) is 5.17. The molecule has 4 nitrogen and oxygen atoms in total. The number of aliphatic hydroxyl groups excluding tert-OH is 1. The second-order valence-corrected chi connectivity index (χ2v) is 11.6. The number of hydrogen-bond acceptors (Lipinski definition) is 3. The van der Waals surface area contributed by atoms with Crippen molar-refractivity contribution in [2.75, 3.05) is 0 Å². The second-order valence-electron chi connectivity index (χ2n) is 6.89. The molecule has 0 aromatic carbocycles. The topological polar surface area (TPSA) is 57.6 Å². The van der Waals surface area contributed by atoms with E-state index in [2.05, 4.69) is 51.4 Å². The maximum atomic E-state index is 10.3. The first kappa shape index (κ1) is 18.0. The number of nitrogens with zero attached hydrogens (tertiary/aromatic N) is 2. The third-order valence-electron chi connectivity index (χ3n) is 6.26. The minimum absolute atomic E-state index is 0.0505. The van der Waals surface area contributed by atoms with Gasteiger partial charge in [-0.3, -0.25) is 0 Å². The molecule has 2 aliphatic carbocycles. The zero-order valence-electron chi connectivity index (χ0n) is 14.7. The van der Waals surface area contributed by atoms with E-state index in [-0.39, 0.29) is 29.4 Å². The molecule has 1 fully saturated rings. The van der Waals surface area contributed by atoms with Crippen LogP contribution < -0.4 is 0 Å². The minimum atomic E-state index is -1.82. The van der Waals surface area contributed by atoms with Crippen molar-refractivity contribution in [3.05, 3.63) is 41.7 Å². The highest BCUT2D eigenvalue weighted by molar-refractivity contribution is 6.73. The van der Waals surface area contributed by atoms with E-state index in [1.165, 1.54) is 0 Å².